The highest BCUT2D eigenvalue weighted by atomic mass is 16.5. The summed E-state index contributed by atoms with van der Waals surface area (Å²) in [5.74, 6) is 0. The number of nitrogens with one attached hydrogen (secondary N) is 1. The minimum absolute atomic E-state index is 0.550. The number of carbonyl (C=O) groups is 1. The molecule has 1 rings (SSSR count). The predicted molar refractivity (Wildman–Crippen MR) is 58.8 cm³/mol. The van der Waals surface area contributed by atoms with Crippen LogP contribution in [0.1, 0.15) is 12.0 Å². The van der Waals surface area contributed by atoms with Crippen LogP contribution in [-0.2, 0) is 11.2 Å². The van der Waals surface area contributed by atoms with Crippen LogP contribution in [-0.4, -0.2) is 19.4 Å². The van der Waals surface area contributed by atoms with Gasteiger partial charge in [-0.25, -0.2) is 10.2 Å². The van der Waals surface area contributed by atoms with Crippen molar-refractivity contribution in [3.8, 4) is 0 Å². The van der Waals surface area contributed by atoms with Gasteiger partial charge in [-0.1, -0.05) is 30.3 Å². The maximum atomic E-state index is 10.6. The third kappa shape index (κ3) is 4.81. The Morgan fingerprint density at radius 3 is 2.87 bits per heavy atom. The van der Waals surface area contributed by atoms with E-state index < -0.39 is 6.09 Å². The Hall–Kier alpha value is -1.84. The standard InChI is InChI=1S/C11H14N2O2/c1-15-11(14)13-12-9-5-8-10-6-3-2-4-7-10/h2-4,6-7,9H,5,8H2,1H3,(H,13,14). The first-order chi connectivity index (χ1) is 7.33. The minimum atomic E-state index is -0.550. The van der Waals surface area contributed by atoms with E-state index in [0.29, 0.717) is 0 Å². The number of benzene rings is 1. The molecule has 0 radical (unpaired) electrons. The number of hydrogen-bond acceptors (Lipinski definition) is 3. The first-order valence-electron chi connectivity index (χ1n) is 4.72. The molecule has 0 bridgehead atoms. The lowest BCUT2D eigenvalue weighted by Gasteiger charge is -1.97. The van der Waals surface area contributed by atoms with Crippen LogP contribution in [0, 0.1) is 0 Å². The Morgan fingerprint density at radius 2 is 2.20 bits per heavy atom. The summed E-state index contributed by atoms with van der Waals surface area (Å²) in [7, 11) is 1.30. The smallest absolute Gasteiger partial charge is 0.427 e. The van der Waals surface area contributed by atoms with Crippen LogP contribution >= 0.6 is 0 Å². The molecule has 0 aliphatic rings. The average molecular weight is 206 g/mol. The summed E-state index contributed by atoms with van der Waals surface area (Å²) in [6, 6.07) is 10.1. The Balaban J connectivity index is 2.19. The van der Waals surface area contributed by atoms with Gasteiger partial charge < -0.3 is 4.74 Å². The Morgan fingerprint density at radius 1 is 1.47 bits per heavy atom. The van der Waals surface area contributed by atoms with Crippen molar-refractivity contribution in [1.29, 1.82) is 0 Å². The molecular weight excluding hydrogens is 192 g/mol. The first kappa shape index (κ1) is 11.2. The van der Waals surface area contributed by atoms with Gasteiger partial charge >= 0.3 is 6.09 Å². The quantitative estimate of drug-likeness (QED) is 0.604. The van der Waals surface area contributed by atoms with Gasteiger partial charge in [-0.05, 0) is 18.4 Å². The number of hydrazone groups is 1. The van der Waals surface area contributed by atoms with E-state index in [1.54, 1.807) is 6.21 Å². The Kier molecular flexibility index (Phi) is 4.94. The SMILES string of the molecule is COC(=O)NN=CCCc1ccccc1. The molecule has 1 aromatic carbocycles. The number of ether oxygens (including phenoxy) is 1. The summed E-state index contributed by atoms with van der Waals surface area (Å²) in [5, 5.41) is 3.71. The molecule has 4 nitrogen and oxygen atoms in total. The second-order valence-electron chi connectivity index (χ2n) is 2.94. The van der Waals surface area contributed by atoms with Crippen LogP contribution in [0.3, 0.4) is 0 Å². The molecule has 0 unspecified atom stereocenters. The predicted octanol–water partition coefficient (Wildman–Crippen LogP) is 1.96. The van der Waals surface area contributed by atoms with Crippen molar-refractivity contribution in [2.75, 3.05) is 7.11 Å². The zero-order chi connectivity index (χ0) is 10.9. The number of nitrogens with zero attached hydrogens (tertiary/aromatic N) is 1. The summed E-state index contributed by atoms with van der Waals surface area (Å²) in [6.45, 7) is 0. The van der Waals surface area contributed by atoms with Crippen LogP contribution in [0.4, 0.5) is 4.79 Å². The van der Waals surface area contributed by atoms with Gasteiger partial charge in [0.2, 0.25) is 0 Å². The number of aryl methyl sites for hydroxylation is 1. The molecule has 15 heavy (non-hydrogen) atoms. The highest BCUT2D eigenvalue weighted by Gasteiger charge is 1.92. The average Bonchev–Trinajstić information content (AvgIpc) is 2.29. The monoisotopic (exact) mass is 206 g/mol. The molecule has 0 spiro atoms. The molecule has 1 aromatic rings. The topological polar surface area (TPSA) is 50.7 Å². The molecule has 0 aliphatic carbocycles. The minimum Gasteiger partial charge on any atom is -0.452 e. The van der Waals surface area contributed by atoms with Crippen LogP contribution in [0.15, 0.2) is 35.4 Å². The molecule has 0 saturated carbocycles. The van der Waals surface area contributed by atoms with E-state index in [1.807, 2.05) is 18.2 Å². The number of methoxy groups -OCH3 is 1. The molecule has 0 fully saturated rings. The molecule has 0 aromatic heterocycles. The summed E-state index contributed by atoms with van der Waals surface area (Å²) >= 11 is 0. The fraction of sp³-hybridized carbons (Fsp3) is 0.273. The lowest BCUT2D eigenvalue weighted by atomic mass is 10.1. The molecule has 0 saturated heterocycles. The molecule has 80 valence electrons. The summed E-state index contributed by atoms with van der Waals surface area (Å²) in [6.07, 6.45) is 2.80. The van der Waals surface area contributed by atoms with Crippen molar-refractivity contribution < 1.29 is 9.53 Å². The van der Waals surface area contributed by atoms with Gasteiger partial charge in [-0.15, -0.1) is 0 Å². The van der Waals surface area contributed by atoms with E-state index in [2.05, 4.69) is 27.4 Å². The normalized spacial score (nSPS) is 10.2. The third-order valence-electron chi connectivity index (χ3n) is 1.84. The molecule has 0 heterocycles. The Labute approximate surface area is 88.9 Å². The lowest BCUT2D eigenvalue weighted by molar-refractivity contribution is 0.171. The first-order valence-corrected chi connectivity index (χ1v) is 4.72. The van der Waals surface area contributed by atoms with E-state index in [1.165, 1.54) is 12.7 Å². The fourth-order valence-electron chi connectivity index (χ4n) is 1.08. The third-order valence-corrected chi connectivity index (χ3v) is 1.84. The van der Waals surface area contributed by atoms with Crippen LogP contribution in [0.5, 0.6) is 0 Å². The van der Waals surface area contributed by atoms with Gasteiger partial charge in [-0.3, -0.25) is 0 Å². The van der Waals surface area contributed by atoms with Crippen molar-refractivity contribution in [2.45, 2.75) is 12.8 Å². The molecule has 4 heteroatoms. The van der Waals surface area contributed by atoms with Gasteiger partial charge in [0, 0.05) is 6.21 Å². The molecule has 0 atom stereocenters. The number of rotatable bonds is 4. The zero-order valence-electron chi connectivity index (χ0n) is 8.64. The maximum absolute atomic E-state index is 10.6. The van der Waals surface area contributed by atoms with Crippen molar-refractivity contribution in [2.24, 2.45) is 5.10 Å². The summed E-state index contributed by atoms with van der Waals surface area (Å²) in [5.41, 5.74) is 3.48. The van der Waals surface area contributed by atoms with Gasteiger partial charge in [0.15, 0.2) is 0 Å². The van der Waals surface area contributed by atoms with Crippen molar-refractivity contribution in [1.82, 2.24) is 5.43 Å². The van der Waals surface area contributed by atoms with Gasteiger partial charge in [-0.2, -0.15) is 5.10 Å². The number of hydrogen-bond donors (Lipinski definition) is 1. The molecule has 1 N–H and O–H groups in total. The largest absolute Gasteiger partial charge is 0.452 e. The van der Waals surface area contributed by atoms with Crippen LogP contribution in [0.2, 0.25) is 0 Å². The van der Waals surface area contributed by atoms with Gasteiger partial charge in [0.1, 0.15) is 0 Å². The Bertz CT molecular complexity index is 323. The molecule has 0 aliphatic heterocycles. The fourth-order valence-corrected chi connectivity index (χ4v) is 1.08. The number of amides is 1. The van der Waals surface area contributed by atoms with Gasteiger partial charge in [0.05, 0.1) is 7.11 Å². The van der Waals surface area contributed by atoms with Crippen LogP contribution in [0.25, 0.3) is 0 Å². The van der Waals surface area contributed by atoms with E-state index in [-0.39, 0.29) is 0 Å². The van der Waals surface area contributed by atoms with E-state index in [9.17, 15) is 4.79 Å². The maximum Gasteiger partial charge on any atom is 0.427 e. The van der Waals surface area contributed by atoms with E-state index >= 15 is 0 Å². The summed E-state index contributed by atoms with van der Waals surface area (Å²) < 4.78 is 4.35. The molecular formula is C11H14N2O2. The zero-order valence-corrected chi connectivity index (χ0v) is 8.64. The second kappa shape index (κ2) is 6.59. The molecule has 1 amide bonds. The summed E-state index contributed by atoms with van der Waals surface area (Å²) in [4.78, 5) is 10.6. The van der Waals surface area contributed by atoms with Crippen molar-refractivity contribution >= 4 is 12.3 Å². The lowest BCUT2D eigenvalue weighted by Crippen LogP contribution is -2.16. The highest BCUT2D eigenvalue weighted by Crippen LogP contribution is 2.00. The highest BCUT2D eigenvalue weighted by molar-refractivity contribution is 5.68. The van der Waals surface area contributed by atoms with Crippen LogP contribution < -0.4 is 5.43 Å². The van der Waals surface area contributed by atoms with E-state index in [0.717, 1.165) is 12.8 Å². The second-order valence-corrected chi connectivity index (χ2v) is 2.94. The van der Waals surface area contributed by atoms with Crippen molar-refractivity contribution in [3.05, 3.63) is 35.9 Å². The number of carbonyl (C=O) groups excluding carboxylic acids is 1. The van der Waals surface area contributed by atoms with Crippen molar-refractivity contribution in [3.63, 3.8) is 0 Å². The van der Waals surface area contributed by atoms with E-state index in [4.69, 9.17) is 0 Å². The van der Waals surface area contributed by atoms with Gasteiger partial charge in [0.25, 0.3) is 0 Å².